The Morgan fingerprint density at radius 2 is 1.87 bits per heavy atom. The van der Waals surface area contributed by atoms with Crippen molar-refractivity contribution in [1.82, 2.24) is 20.2 Å². The molecular weight excluding hydrogens is 492 g/mol. The summed E-state index contributed by atoms with van der Waals surface area (Å²) in [4.78, 5) is 31.2. The smallest absolute Gasteiger partial charge is 0.246 e. The fourth-order valence-electron chi connectivity index (χ4n) is 5.32. The maximum Gasteiger partial charge on any atom is 0.246 e. The molecule has 8 nitrogen and oxygen atoms in total. The molecule has 2 aliphatic heterocycles. The number of carbonyl (C=O) groups excluding carboxylic acids is 2. The van der Waals surface area contributed by atoms with Crippen molar-refractivity contribution in [1.29, 1.82) is 0 Å². The van der Waals surface area contributed by atoms with E-state index in [1.54, 1.807) is 19.1 Å². The van der Waals surface area contributed by atoms with Gasteiger partial charge in [0.1, 0.15) is 23.1 Å². The number of piperazine rings is 1. The van der Waals surface area contributed by atoms with Crippen molar-refractivity contribution in [3.63, 3.8) is 0 Å². The highest BCUT2D eigenvalue weighted by Gasteiger charge is 2.53. The molecule has 0 radical (unpaired) electrons. The molecule has 2 amide bonds. The molecule has 8 heteroatoms. The summed E-state index contributed by atoms with van der Waals surface area (Å²) in [7, 11) is 0. The number of allylic oxidation sites excluding steroid dienone is 4. The monoisotopic (exact) mass is 537 g/mol. The quantitative estimate of drug-likeness (QED) is 0.220. The minimum Gasteiger partial charge on any atom is -0.754 e. The van der Waals surface area contributed by atoms with Crippen LogP contribution >= 0.6 is 0 Å². The Labute approximate surface area is 233 Å². The van der Waals surface area contributed by atoms with E-state index in [1.807, 2.05) is 36.1 Å². The molecule has 1 spiro atoms. The molecule has 2 aliphatic rings. The Morgan fingerprint density at radius 1 is 1.21 bits per heavy atom. The summed E-state index contributed by atoms with van der Waals surface area (Å²) in [6, 6.07) is 7.56. The largest absolute Gasteiger partial charge is 0.754 e. The van der Waals surface area contributed by atoms with Crippen LogP contribution in [0.15, 0.2) is 60.7 Å². The third-order valence-corrected chi connectivity index (χ3v) is 7.62. The average molecular weight is 538 g/mol. The van der Waals surface area contributed by atoms with Crippen molar-refractivity contribution < 1.29 is 14.3 Å². The zero-order valence-electron chi connectivity index (χ0n) is 24.2. The number of rotatable bonds is 12. The summed E-state index contributed by atoms with van der Waals surface area (Å²) in [6.07, 6.45) is 8.52. The molecule has 0 aromatic heterocycles. The van der Waals surface area contributed by atoms with Gasteiger partial charge in [0, 0.05) is 31.9 Å². The van der Waals surface area contributed by atoms with Crippen LogP contribution < -0.4 is 10.1 Å². The second kappa shape index (κ2) is 13.8. The van der Waals surface area contributed by atoms with Crippen molar-refractivity contribution >= 4 is 11.8 Å². The molecule has 1 aromatic carbocycles. The van der Waals surface area contributed by atoms with E-state index in [1.165, 1.54) is 6.20 Å². The number of piperidine rings is 1. The highest BCUT2D eigenvalue weighted by atomic mass is 16.5. The van der Waals surface area contributed by atoms with Gasteiger partial charge in [-0.1, -0.05) is 45.9 Å². The zero-order valence-corrected chi connectivity index (χ0v) is 24.2. The summed E-state index contributed by atoms with van der Waals surface area (Å²) in [5, 5.41) is 15.3. The lowest BCUT2D eigenvalue weighted by Crippen LogP contribution is -2.73. The van der Waals surface area contributed by atoms with Gasteiger partial charge < -0.3 is 25.2 Å². The highest BCUT2D eigenvalue weighted by Crippen LogP contribution is 2.34. The maximum absolute atomic E-state index is 13.4. The number of ether oxygens (including phenoxy) is 1. The second-order valence-corrected chi connectivity index (χ2v) is 11.1. The predicted molar refractivity (Wildman–Crippen MR) is 155 cm³/mol. The van der Waals surface area contributed by atoms with Gasteiger partial charge in [0.05, 0.1) is 0 Å². The number of amides is 2. The number of hydrogen-bond donors (Lipinski definition) is 1. The van der Waals surface area contributed by atoms with Gasteiger partial charge in [-0.2, -0.15) is 0 Å². The fourth-order valence-corrected chi connectivity index (χ4v) is 5.32. The van der Waals surface area contributed by atoms with Crippen LogP contribution in [0.5, 0.6) is 5.75 Å². The molecule has 39 heavy (non-hydrogen) atoms. The van der Waals surface area contributed by atoms with Crippen LogP contribution in [-0.2, 0) is 16.1 Å². The molecule has 0 unspecified atom stereocenters. The topological polar surface area (TPSA) is 88.2 Å². The number of nitrogens with zero attached hydrogens (tertiary/aromatic N) is 3. The number of hydrogen-bond acceptors (Lipinski definition) is 6. The lowest BCUT2D eigenvalue weighted by Gasteiger charge is -2.52. The standard InChI is InChI=1S/C31H45N4O4/c1-7-9-18-34-29(36)28(21-23(3)4)32-30(37)31(34)16-19-33(20-17-31)22-26-12-14-27(15-13-26)39-25(6)11-10-24(5)35(38)8-2/h8,10-15,23,28H,2,7,9,16-22H2,1,3-6H3,(H,32,37)/q-1/b24-10-,25-11+/t28-/m0/s1. The van der Waals surface area contributed by atoms with E-state index in [0.29, 0.717) is 48.2 Å². The van der Waals surface area contributed by atoms with E-state index in [4.69, 9.17) is 4.74 Å². The Morgan fingerprint density at radius 3 is 2.46 bits per heavy atom. The summed E-state index contributed by atoms with van der Waals surface area (Å²) in [5.41, 5.74) is 0.942. The van der Waals surface area contributed by atoms with E-state index in [9.17, 15) is 14.8 Å². The Hall–Kier alpha value is -3.10. The first-order chi connectivity index (χ1) is 18.6. The highest BCUT2D eigenvalue weighted by molar-refractivity contribution is 6.00. The zero-order chi connectivity index (χ0) is 28.6. The molecule has 3 rings (SSSR count). The molecule has 0 saturated carbocycles. The summed E-state index contributed by atoms with van der Waals surface area (Å²) in [6.45, 7) is 16.2. The Balaban J connectivity index is 1.60. The van der Waals surface area contributed by atoms with Gasteiger partial charge in [-0.25, -0.2) is 0 Å². The van der Waals surface area contributed by atoms with Gasteiger partial charge in [0.25, 0.3) is 0 Å². The molecule has 0 bridgehead atoms. The van der Waals surface area contributed by atoms with Gasteiger partial charge in [0.15, 0.2) is 0 Å². The lowest BCUT2D eigenvalue weighted by molar-refractivity contribution is -0.161. The summed E-state index contributed by atoms with van der Waals surface area (Å²) >= 11 is 0. The molecule has 1 atom stereocenters. The molecule has 1 aromatic rings. The third kappa shape index (κ3) is 7.73. The van der Waals surface area contributed by atoms with E-state index in [0.717, 1.165) is 43.8 Å². The van der Waals surface area contributed by atoms with Crippen LogP contribution in [0.2, 0.25) is 0 Å². The van der Waals surface area contributed by atoms with Crippen molar-refractivity contribution in [2.24, 2.45) is 5.92 Å². The normalized spacial score (nSPS) is 20.4. The van der Waals surface area contributed by atoms with Crippen molar-refractivity contribution in [2.45, 2.75) is 84.8 Å². The molecule has 214 valence electrons. The number of unbranched alkanes of at least 4 members (excludes halogenated alkanes) is 1. The van der Waals surface area contributed by atoms with Crippen LogP contribution in [0, 0.1) is 11.1 Å². The van der Waals surface area contributed by atoms with Crippen molar-refractivity contribution in [3.8, 4) is 5.75 Å². The van der Waals surface area contributed by atoms with Gasteiger partial charge in [-0.05, 0) is 81.5 Å². The van der Waals surface area contributed by atoms with E-state index in [2.05, 4.69) is 37.6 Å². The number of benzene rings is 1. The molecule has 2 saturated heterocycles. The molecule has 0 aliphatic carbocycles. The molecular formula is C31H45N4O4-. The number of hydroxylamine groups is 2. The summed E-state index contributed by atoms with van der Waals surface area (Å²) < 4.78 is 5.87. The van der Waals surface area contributed by atoms with Crippen LogP contribution in [0.4, 0.5) is 0 Å². The lowest BCUT2D eigenvalue weighted by atomic mass is 9.80. The van der Waals surface area contributed by atoms with Gasteiger partial charge in [0.2, 0.25) is 11.8 Å². The minimum atomic E-state index is -0.737. The van der Waals surface area contributed by atoms with Gasteiger partial charge in [-0.15, -0.1) is 0 Å². The van der Waals surface area contributed by atoms with E-state index >= 15 is 0 Å². The third-order valence-electron chi connectivity index (χ3n) is 7.62. The van der Waals surface area contributed by atoms with E-state index in [-0.39, 0.29) is 11.8 Å². The van der Waals surface area contributed by atoms with Crippen LogP contribution in [-0.4, -0.2) is 57.9 Å². The molecule has 1 N–H and O–H groups in total. The molecule has 2 heterocycles. The second-order valence-electron chi connectivity index (χ2n) is 11.1. The Bertz CT molecular complexity index is 1050. The number of likely N-dealkylation sites (tertiary alicyclic amines) is 1. The predicted octanol–water partition coefficient (Wildman–Crippen LogP) is 5.32. The minimum absolute atomic E-state index is 0.0194. The summed E-state index contributed by atoms with van der Waals surface area (Å²) in [5.74, 6) is 1.84. The fraction of sp³-hybridized carbons (Fsp3) is 0.548. The first-order valence-corrected chi connectivity index (χ1v) is 14.1. The van der Waals surface area contributed by atoms with Crippen LogP contribution in [0.3, 0.4) is 0 Å². The first kappa shape index (κ1) is 30.4. The first-order valence-electron chi connectivity index (χ1n) is 14.1. The van der Waals surface area contributed by atoms with E-state index < -0.39 is 11.6 Å². The SMILES string of the molecule is C=CN([O-])/C(C)=C\C=C(/C)Oc1ccc(CN2CCC3(CC2)C(=O)N[C@@H](CC(C)C)C(=O)N3CCCC)cc1. The van der Waals surface area contributed by atoms with Crippen LogP contribution in [0.1, 0.15) is 72.3 Å². The number of carbonyl (C=O) groups is 2. The van der Waals surface area contributed by atoms with Crippen molar-refractivity contribution in [2.75, 3.05) is 19.6 Å². The maximum atomic E-state index is 13.4. The average Bonchev–Trinajstić information content (AvgIpc) is 2.91. The van der Waals surface area contributed by atoms with Crippen molar-refractivity contribution in [3.05, 3.63) is 71.4 Å². The van der Waals surface area contributed by atoms with Gasteiger partial charge in [-0.3, -0.25) is 14.5 Å². The molecule has 2 fully saturated rings. The Kier molecular flexibility index (Phi) is 10.8. The number of nitrogens with one attached hydrogen (secondary N) is 1. The van der Waals surface area contributed by atoms with Crippen LogP contribution in [0.25, 0.3) is 0 Å². The van der Waals surface area contributed by atoms with Gasteiger partial charge >= 0.3 is 0 Å².